The van der Waals surface area contributed by atoms with Gasteiger partial charge in [0.15, 0.2) is 0 Å². The van der Waals surface area contributed by atoms with E-state index in [1.165, 1.54) is 13.5 Å². The van der Waals surface area contributed by atoms with Gasteiger partial charge in [-0.05, 0) is 31.6 Å². The number of hydrogen-bond acceptors (Lipinski definition) is 6. The monoisotopic (exact) mass is 305 g/mol. The molecule has 0 bridgehead atoms. The number of piperidine rings is 1. The van der Waals surface area contributed by atoms with Crippen LogP contribution in [0.4, 0.5) is 0 Å². The maximum absolute atomic E-state index is 7.69. The second kappa shape index (κ2) is 11.1. The van der Waals surface area contributed by atoms with Gasteiger partial charge in [0.1, 0.15) is 0 Å². The smallest absolute Gasteiger partial charge is 0.0998 e. The normalized spacial score (nSPS) is 26.4. The van der Waals surface area contributed by atoms with E-state index < -0.39 is 0 Å². The van der Waals surface area contributed by atoms with E-state index in [1.54, 1.807) is 0 Å². The number of nitrogens with one attached hydrogen (secondary N) is 1. The van der Waals surface area contributed by atoms with Crippen molar-refractivity contribution in [1.82, 2.24) is 4.90 Å². The van der Waals surface area contributed by atoms with E-state index in [1.807, 2.05) is 6.92 Å². The van der Waals surface area contributed by atoms with Crippen molar-refractivity contribution in [3.8, 4) is 0 Å². The Bertz CT molecular complexity index is 290. The number of hydrogen-bond donors (Lipinski definition) is 3. The average molecular weight is 305 g/mol. The molecular weight excluding hydrogens is 270 g/mol. The standard InChI is InChI=1S/C10H19N3O.C4H10.CH4O2.H2/c1-7(12)9-4-8-5-10(8)13(9)6-14-3-2-11;1-4(2)3;1-3-2;/h8-10,12H,2-6,11H2,1H3;4H,1-3H3;2H,1H3;1H/t8?,9-,10?;;;/m0.../s1. The molecule has 2 unspecified atom stereocenters. The minimum Gasteiger partial charge on any atom is -0.365 e. The van der Waals surface area contributed by atoms with Crippen LogP contribution in [0.15, 0.2) is 0 Å². The van der Waals surface area contributed by atoms with Crippen molar-refractivity contribution in [2.45, 2.75) is 52.6 Å². The predicted molar refractivity (Wildman–Crippen MR) is 87.7 cm³/mol. The van der Waals surface area contributed by atoms with E-state index in [0.717, 1.165) is 24.0 Å². The molecule has 3 atom stereocenters. The molecule has 1 aliphatic carbocycles. The van der Waals surface area contributed by atoms with Gasteiger partial charge >= 0.3 is 0 Å². The molecule has 1 aliphatic heterocycles. The molecule has 2 rings (SSSR count). The number of likely N-dealkylation sites (tertiary alicyclic amines) is 1. The third kappa shape index (κ3) is 8.48. The van der Waals surface area contributed by atoms with Gasteiger partial charge in [0.05, 0.1) is 20.4 Å². The van der Waals surface area contributed by atoms with Crippen LogP contribution in [0.1, 0.15) is 42.0 Å². The van der Waals surface area contributed by atoms with Gasteiger partial charge in [-0.25, -0.2) is 4.89 Å². The summed E-state index contributed by atoms with van der Waals surface area (Å²) < 4.78 is 5.45. The molecule has 0 aromatic carbocycles. The molecule has 2 aliphatic rings. The van der Waals surface area contributed by atoms with Crippen LogP contribution in [0.25, 0.3) is 0 Å². The van der Waals surface area contributed by atoms with Gasteiger partial charge in [-0.15, -0.1) is 0 Å². The van der Waals surface area contributed by atoms with E-state index >= 15 is 0 Å². The molecule has 6 nitrogen and oxygen atoms in total. The molecule has 1 saturated heterocycles. The van der Waals surface area contributed by atoms with Crippen LogP contribution in [0, 0.1) is 17.2 Å². The maximum atomic E-state index is 7.69. The van der Waals surface area contributed by atoms with Gasteiger partial charge in [-0.2, -0.15) is 0 Å². The molecule has 1 saturated carbocycles. The van der Waals surface area contributed by atoms with Crippen LogP contribution < -0.4 is 5.73 Å². The molecule has 0 spiro atoms. The van der Waals surface area contributed by atoms with Gasteiger partial charge in [0.2, 0.25) is 0 Å². The van der Waals surface area contributed by atoms with Crippen LogP contribution in [-0.4, -0.2) is 54.9 Å². The van der Waals surface area contributed by atoms with E-state index in [4.69, 9.17) is 21.1 Å². The van der Waals surface area contributed by atoms with E-state index in [9.17, 15) is 0 Å². The Morgan fingerprint density at radius 3 is 2.38 bits per heavy atom. The van der Waals surface area contributed by atoms with Crippen molar-refractivity contribution < 1.29 is 16.3 Å². The van der Waals surface area contributed by atoms with Crippen LogP contribution in [0.2, 0.25) is 0 Å². The molecular formula is C15H35N3O3. The molecule has 0 aromatic heterocycles. The largest absolute Gasteiger partial charge is 0.365 e. The minimum absolute atomic E-state index is 0. The van der Waals surface area contributed by atoms with Crippen molar-refractivity contribution >= 4 is 5.71 Å². The zero-order chi connectivity index (χ0) is 16.4. The van der Waals surface area contributed by atoms with Crippen molar-refractivity contribution in [3.05, 3.63) is 0 Å². The zero-order valence-electron chi connectivity index (χ0n) is 14.1. The van der Waals surface area contributed by atoms with Crippen molar-refractivity contribution in [1.29, 1.82) is 5.41 Å². The number of rotatable bonds is 5. The molecule has 4 N–H and O–H groups in total. The van der Waals surface area contributed by atoms with Crippen molar-refractivity contribution in [2.24, 2.45) is 17.6 Å². The van der Waals surface area contributed by atoms with Crippen LogP contribution in [0.3, 0.4) is 0 Å². The third-order valence-electron chi connectivity index (χ3n) is 3.24. The van der Waals surface area contributed by atoms with Gasteiger partial charge in [0.25, 0.3) is 0 Å². The summed E-state index contributed by atoms with van der Waals surface area (Å²) in [7, 11) is 1.18. The summed E-state index contributed by atoms with van der Waals surface area (Å²) in [5.74, 6) is 1.67. The molecule has 6 heteroatoms. The second-order valence-corrected chi connectivity index (χ2v) is 6.25. The summed E-state index contributed by atoms with van der Waals surface area (Å²) in [6.07, 6.45) is 2.46. The first-order chi connectivity index (χ1) is 9.88. The summed E-state index contributed by atoms with van der Waals surface area (Å²) in [6.45, 7) is 10.2. The van der Waals surface area contributed by atoms with Gasteiger partial charge in [-0.1, -0.05) is 20.8 Å². The Morgan fingerprint density at radius 2 is 1.95 bits per heavy atom. The molecule has 0 amide bonds. The first kappa shape index (κ1) is 20.5. The molecule has 21 heavy (non-hydrogen) atoms. The number of nitrogens with zero attached hydrogens (tertiary/aromatic N) is 1. The highest BCUT2D eigenvalue weighted by molar-refractivity contribution is 5.84. The second-order valence-electron chi connectivity index (χ2n) is 6.25. The molecule has 0 radical (unpaired) electrons. The zero-order valence-corrected chi connectivity index (χ0v) is 14.1. The third-order valence-corrected chi connectivity index (χ3v) is 3.24. The fourth-order valence-corrected chi connectivity index (χ4v) is 2.41. The Kier molecular flexibility index (Phi) is 10.8. The SMILES string of the molecule is CC(=N)[C@@H]1CC2CC2N1COCCN.CC(C)C.COO.[HH]. The lowest BCUT2D eigenvalue weighted by molar-refractivity contribution is -0.214. The summed E-state index contributed by atoms with van der Waals surface area (Å²) in [4.78, 5) is 5.57. The van der Waals surface area contributed by atoms with E-state index in [-0.39, 0.29) is 1.43 Å². The topological polar surface area (TPSA) is 91.8 Å². The molecule has 128 valence electrons. The quantitative estimate of drug-likeness (QED) is 0.314. The first-order valence-corrected chi connectivity index (χ1v) is 7.65. The predicted octanol–water partition coefficient (Wildman–Crippen LogP) is 2.44. The van der Waals surface area contributed by atoms with Crippen LogP contribution in [-0.2, 0) is 9.62 Å². The lowest BCUT2D eigenvalue weighted by Gasteiger charge is -2.26. The lowest BCUT2D eigenvalue weighted by atomic mass is 10.1. The molecule has 1 heterocycles. The Labute approximate surface area is 130 Å². The Hall–Kier alpha value is -0.530. The maximum Gasteiger partial charge on any atom is 0.0998 e. The lowest BCUT2D eigenvalue weighted by Crippen LogP contribution is -2.39. The highest BCUT2D eigenvalue weighted by atomic mass is 17.1. The fourth-order valence-electron chi connectivity index (χ4n) is 2.41. The number of fused-ring (bicyclic) bond motifs is 1. The average Bonchev–Trinajstić information content (AvgIpc) is 3.05. The van der Waals surface area contributed by atoms with Gasteiger partial charge in [0, 0.05) is 25.8 Å². The van der Waals surface area contributed by atoms with Gasteiger partial charge in [-0.3, -0.25) is 10.2 Å². The van der Waals surface area contributed by atoms with E-state index in [0.29, 0.717) is 32.0 Å². The van der Waals surface area contributed by atoms with Crippen molar-refractivity contribution in [3.63, 3.8) is 0 Å². The summed E-state index contributed by atoms with van der Waals surface area (Å²) in [6, 6.07) is 1.02. The fraction of sp³-hybridized carbons (Fsp3) is 0.933. The van der Waals surface area contributed by atoms with Crippen molar-refractivity contribution in [2.75, 3.05) is 27.0 Å². The van der Waals surface area contributed by atoms with Crippen LogP contribution >= 0.6 is 0 Å². The summed E-state index contributed by atoms with van der Waals surface area (Å²) >= 11 is 0. The first-order valence-electron chi connectivity index (χ1n) is 7.65. The van der Waals surface area contributed by atoms with E-state index in [2.05, 4.69) is 30.6 Å². The highest BCUT2D eigenvalue weighted by Crippen LogP contribution is 2.47. The minimum atomic E-state index is 0. The summed E-state index contributed by atoms with van der Waals surface area (Å²) in [5.41, 5.74) is 6.14. The van der Waals surface area contributed by atoms with Gasteiger partial charge < -0.3 is 15.9 Å². The molecule has 2 fully saturated rings. The number of ether oxygens (including phenoxy) is 1. The summed E-state index contributed by atoms with van der Waals surface area (Å²) in [5, 5.41) is 14.8. The Morgan fingerprint density at radius 1 is 1.43 bits per heavy atom. The number of nitrogens with two attached hydrogens (primary N) is 1. The highest BCUT2D eigenvalue weighted by Gasteiger charge is 2.52. The Balaban J connectivity index is 0. The van der Waals surface area contributed by atoms with Crippen LogP contribution in [0.5, 0.6) is 0 Å². The molecule has 0 aromatic rings.